The smallest absolute Gasteiger partial charge is 0.0461 e. The van der Waals surface area contributed by atoms with Gasteiger partial charge in [0, 0.05) is 22.5 Å². The number of hydrogen-bond acceptors (Lipinski definition) is 1. The highest BCUT2D eigenvalue weighted by Crippen LogP contribution is 2.55. The Morgan fingerprint density at radius 1 is 0.280 bits per heavy atom. The van der Waals surface area contributed by atoms with Crippen molar-refractivity contribution in [1.29, 1.82) is 0 Å². The summed E-state index contributed by atoms with van der Waals surface area (Å²) in [5.41, 5.74) is 22.3. The minimum atomic E-state index is 0.234. The molecule has 16 rings (SSSR count). The lowest BCUT2D eigenvalue weighted by atomic mass is 9.70. The number of aryl methyl sites for hydroxylation is 8. The number of unbranched alkanes of at least 4 members (excludes halogenated alkanes) is 10. The van der Waals surface area contributed by atoms with Gasteiger partial charge in [-0.15, -0.1) is 0 Å². The molecule has 0 saturated carbocycles. The monoisotopic (exact) mass is 1310 g/mol. The fraction of sp³-hybridized carbons (Fsp3) is 0.293. The maximum Gasteiger partial charge on any atom is 0.0461 e. The van der Waals surface area contributed by atoms with Crippen molar-refractivity contribution in [3.8, 4) is 11.1 Å². The van der Waals surface area contributed by atoms with Crippen LogP contribution in [0.5, 0.6) is 0 Å². The van der Waals surface area contributed by atoms with Crippen molar-refractivity contribution in [1.82, 2.24) is 0 Å². The standard InChI is InChI=1S/C31H46.C24H27N.2C22H16/c1-5-7-9-11-13-15-21-31(22-16-14-12-10-8-6-2)29-23-25(3)17-19-27(29)28-20-18-26(4)24-30(28)31;1-5-20(4)21-10-16-24(17-11-21)25(22-12-6-18(2)7-13-22)23-14-8-19(3)9-15-23;1-13-9-11-19-18-8-4-6-16-14(2)10-12-20(22(16)18)17-7-3-5-15(13)21(17)19;1-13-9-11-19-20-12-10-14(2)16-6-4-8-18(22(16)20)17-7-3-5-15(13)21(17)19/h17-20,23-24H,5-16,21-22H2,1-4H3;6-17,20H,5H2,1-4H3;2*3-12H,1-2H3. The second-order valence-corrected chi connectivity index (χ2v) is 29.8. The Hall–Kier alpha value is -9.30. The summed E-state index contributed by atoms with van der Waals surface area (Å²) in [5.74, 6) is 0.598. The van der Waals surface area contributed by atoms with Gasteiger partial charge in [-0.1, -0.05) is 321 Å². The topological polar surface area (TPSA) is 3.24 Å². The third-order valence-corrected chi connectivity index (χ3v) is 22.7. The number of nitrogens with zero attached hydrogens (tertiary/aromatic N) is 1. The predicted octanol–water partition coefficient (Wildman–Crippen LogP) is 30.1. The molecule has 1 heteroatoms. The quantitative estimate of drug-likeness (QED) is 0.0443. The molecule has 0 spiro atoms. The van der Waals surface area contributed by atoms with Gasteiger partial charge in [-0.05, 0) is 253 Å². The molecule has 1 aliphatic carbocycles. The van der Waals surface area contributed by atoms with Gasteiger partial charge in [-0.3, -0.25) is 0 Å². The molecular weight excluding hydrogens is 1200 g/mol. The van der Waals surface area contributed by atoms with Crippen LogP contribution in [0.2, 0.25) is 0 Å². The molecule has 1 nitrogen and oxygen atoms in total. The first-order valence-electron chi connectivity index (χ1n) is 38.1. The van der Waals surface area contributed by atoms with Crippen molar-refractivity contribution >= 4 is 103 Å². The molecule has 0 aromatic heterocycles. The van der Waals surface area contributed by atoms with Crippen LogP contribution in [-0.2, 0) is 5.41 Å². The minimum Gasteiger partial charge on any atom is -0.311 e. The van der Waals surface area contributed by atoms with E-state index in [-0.39, 0.29) is 5.41 Å². The van der Waals surface area contributed by atoms with Crippen LogP contribution < -0.4 is 4.90 Å². The van der Waals surface area contributed by atoms with Crippen LogP contribution in [-0.4, -0.2) is 0 Å². The fourth-order valence-corrected chi connectivity index (χ4v) is 16.8. The third-order valence-electron chi connectivity index (χ3n) is 22.7. The van der Waals surface area contributed by atoms with Crippen LogP contribution in [0.1, 0.15) is 191 Å². The van der Waals surface area contributed by atoms with E-state index in [1.807, 2.05) is 0 Å². The van der Waals surface area contributed by atoms with E-state index < -0.39 is 0 Å². The van der Waals surface area contributed by atoms with Crippen LogP contribution in [0, 0.1) is 55.4 Å². The van der Waals surface area contributed by atoms with E-state index in [2.05, 4.69) is 319 Å². The zero-order chi connectivity index (χ0) is 69.6. The van der Waals surface area contributed by atoms with Crippen LogP contribution in [0.15, 0.2) is 231 Å². The number of fused-ring (bicyclic) bond motifs is 7. The summed E-state index contributed by atoms with van der Waals surface area (Å²) in [6.45, 7) is 26.8. The molecule has 0 radical (unpaired) electrons. The molecule has 100 heavy (non-hydrogen) atoms. The largest absolute Gasteiger partial charge is 0.311 e. The summed E-state index contributed by atoms with van der Waals surface area (Å²) in [5, 5.41) is 22.1. The van der Waals surface area contributed by atoms with E-state index in [1.165, 1.54) is 261 Å². The van der Waals surface area contributed by atoms with Gasteiger partial charge in [0.1, 0.15) is 0 Å². The Balaban J connectivity index is 0.000000120. The van der Waals surface area contributed by atoms with Crippen molar-refractivity contribution in [3.63, 3.8) is 0 Å². The molecule has 0 aliphatic heterocycles. The van der Waals surface area contributed by atoms with Gasteiger partial charge in [-0.2, -0.15) is 0 Å². The molecule has 0 fully saturated rings. The first-order chi connectivity index (χ1) is 48.7. The molecule has 1 atom stereocenters. The second-order valence-electron chi connectivity index (χ2n) is 29.8. The summed E-state index contributed by atoms with van der Waals surface area (Å²) in [6, 6.07) is 85.9. The van der Waals surface area contributed by atoms with Crippen molar-refractivity contribution in [3.05, 3.63) is 292 Å². The van der Waals surface area contributed by atoms with Crippen molar-refractivity contribution in [2.45, 2.75) is 191 Å². The Bertz CT molecular complexity index is 4760. The van der Waals surface area contributed by atoms with Crippen LogP contribution >= 0.6 is 0 Å². The number of anilines is 3. The molecule has 15 aromatic rings. The maximum absolute atomic E-state index is 2.53. The van der Waals surface area contributed by atoms with E-state index >= 15 is 0 Å². The molecule has 506 valence electrons. The van der Waals surface area contributed by atoms with E-state index in [1.54, 1.807) is 11.1 Å². The zero-order valence-electron chi connectivity index (χ0n) is 62.1. The molecule has 0 saturated heterocycles. The highest BCUT2D eigenvalue weighted by Gasteiger charge is 2.42. The lowest BCUT2D eigenvalue weighted by Gasteiger charge is -2.33. The molecular formula is C99H105N. The molecule has 0 heterocycles. The fourth-order valence-electron chi connectivity index (χ4n) is 16.8. The maximum atomic E-state index is 2.53. The summed E-state index contributed by atoms with van der Waals surface area (Å²) in [6.07, 6.45) is 20.4. The lowest BCUT2D eigenvalue weighted by molar-refractivity contribution is 0.397. The first-order valence-corrected chi connectivity index (χ1v) is 38.1. The van der Waals surface area contributed by atoms with Crippen LogP contribution in [0.4, 0.5) is 17.1 Å². The predicted molar refractivity (Wildman–Crippen MR) is 442 cm³/mol. The van der Waals surface area contributed by atoms with Crippen LogP contribution in [0.25, 0.3) is 97.3 Å². The van der Waals surface area contributed by atoms with Crippen molar-refractivity contribution in [2.75, 3.05) is 4.90 Å². The zero-order valence-corrected chi connectivity index (χ0v) is 62.1. The molecule has 0 amide bonds. The minimum absolute atomic E-state index is 0.234. The number of hydrogen-bond donors (Lipinski definition) is 0. The average molecular weight is 1310 g/mol. The normalized spacial score (nSPS) is 12.6. The van der Waals surface area contributed by atoms with Gasteiger partial charge in [-0.25, -0.2) is 0 Å². The Morgan fingerprint density at radius 3 is 0.880 bits per heavy atom. The summed E-state index contributed by atoms with van der Waals surface area (Å²) >= 11 is 0. The Morgan fingerprint density at radius 2 is 0.560 bits per heavy atom. The summed E-state index contributed by atoms with van der Waals surface area (Å²) in [7, 11) is 0. The third kappa shape index (κ3) is 13.8. The van der Waals surface area contributed by atoms with E-state index in [0.717, 1.165) is 0 Å². The Kier molecular flexibility index (Phi) is 21.2. The van der Waals surface area contributed by atoms with Gasteiger partial charge in [0.2, 0.25) is 0 Å². The summed E-state index contributed by atoms with van der Waals surface area (Å²) < 4.78 is 0. The molecule has 15 aromatic carbocycles. The van der Waals surface area contributed by atoms with Gasteiger partial charge >= 0.3 is 0 Å². The molecule has 1 aliphatic rings. The highest BCUT2D eigenvalue weighted by atomic mass is 15.1. The van der Waals surface area contributed by atoms with E-state index in [4.69, 9.17) is 0 Å². The van der Waals surface area contributed by atoms with Crippen molar-refractivity contribution in [2.24, 2.45) is 0 Å². The van der Waals surface area contributed by atoms with Gasteiger partial charge in [0.15, 0.2) is 0 Å². The number of benzene rings is 15. The van der Waals surface area contributed by atoms with E-state index in [9.17, 15) is 0 Å². The molecule has 1 unspecified atom stereocenters. The Labute approximate surface area is 598 Å². The van der Waals surface area contributed by atoms with Gasteiger partial charge in [0.25, 0.3) is 0 Å². The molecule has 0 bridgehead atoms. The SMILES string of the molecule is CCC(C)c1ccc(N(c2ccc(C)cc2)c2ccc(C)cc2)cc1.CCCCCCCCC1(CCCCCCCC)c2cc(C)ccc2-c2ccc(C)cc21.Cc1ccc2c3ccc(C)c4cccc(c5cccc1c52)c43.Cc1ccc2c3cccc4c(C)ccc(c5cccc1c52)c43. The second kappa shape index (κ2) is 30.7. The van der Waals surface area contributed by atoms with Crippen molar-refractivity contribution < 1.29 is 0 Å². The van der Waals surface area contributed by atoms with Gasteiger partial charge < -0.3 is 4.90 Å². The van der Waals surface area contributed by atoms with E-state index in [0.29, 0.717) is 5.92 Å². The van der Waals surface area contributed by atoms with Crippen LogP contribution in [0.3, 0.4) is 0 Å². The molecule has 0 N–H and O–H groups in total. The highest BCUT2D eigenvalue weighted by molar-refractivity contribution is 6.34. The summed E-state index contributed by atoms with van der Waals surface area (Å²) in [4.78, 5) is 2.32. The average Bonchev–Trinajstić information content (AvgIpc) is 1.07. The first kappa shape index (κ1) is 69.2. The lowest BCUT2D eigenvalue weighted by Crippen LogP contribution is -2.25. The van der Waals surface area contributed by atoms with Gasteiger partial charge in [0.05, 0.1) is 0 Å². The number of rotatable bonds is 19.